The predicted octanol–water partition coefficient (Wildman–Crippen LogP) is 2.60. The van der Waals surface area contributed by atoms with E-state index in [9.17, 15) is 4.79 Å². The Morgan fingerprint density at radius 1 is 1.41 bits per heavy atom. The van der Waals surface area contributed by atoms with Gasteiger partial charge in [0.2, 0.25) is 0 Å². The van der Waals surface area contributed by atoms with Gasteiger partial charge in [-0.15, -0.1) is 0 Å². The normalized spacial score (nSPS) is 13.1. The lowest BCUT2D eigenvalue weighted by atomic mass is 9.86. The van der Waals surface area contributed by atoms with Crippen molar-refractivity contribution in [1.82, 2.24) is 24.9 Å². The van der Waals surface area contributed by atoms with E-state index in [4.69, 9.17) is 11.6 Å². The van der Waals surface area contributed by atoms with Crippen molar-refractivity contribution < 1.29 is 4.79 Å². The Hall–Kier alpha value is -1.82. The molecule has 2 heterocycles. The lowest BCUT2D eigenvalue weighted by molar-refractivity contribution is 0.0879. The quantitative estimate of drug-likeness (QED) is 0.919. The van der Waals surface area contributed by atoms with Crippen molar-refractivity contribution in [1.29, 1.82) is 0 Å². The maximum absolute atomic E-state index is 12.6. The van der Waals surface area contributed by atoms with Gasteiger partial charge in [0.1, 0.15) is 5.69 Å². The van der Waals surface area contributed by atoms with Crippen molar-refractivity contribution in [2.45, 2.75) is 46.8 Å². The summed E-state index contributed by atoms with van der Waals surface area (Å²) in [7, 11) is 0. The van der Waals surface area contributed by atoms with Crippen LogP contribution in [0.5, 0.6) is 0 Å². The van der Waals surface area contributed by atoms with Crippen molar-refractivity contribution in [3.05, 3.63) is 35.4 Å². The molecule has 2 aromatic heterocycles. The molecule has 1 atom stereocenters. The van der Waals surface area contributed by atoms with E-state index in [0.29, 0.717) is 23.8 Å². The van der Waals surface area contributed by atoms with Crippen molar-refractivity contribution in [2.75, 3.05) is 0 Å². The fourth-order valence-corrected chi connectivity index (χ4v) is 2.41. The van der Waals surface area contributed by atoms with Gasteiger partial charge in [0.25, 0.3) is 5.91 Å². The van der Waals surface area contributed by atoms with Crippen LogP contribution in [-0.2, 0) is 13.1 Å². The van der Waals surface area contributed by atoms with Gasteiger partial charge in [-0.2, -0.15) is 10.2 Å². The van der Waals surface area contributed by atoms with E-state index in [0.717, 1.165) is 0 Å². The summed E-state index contributed by atoms with van der Waals surface area (Å²) < 4.78 is 3.42. The average molecular weight is 324 g/mol. The van der Waals surface area contributed by atoms with E-state index in [1.165, 1.54) is 6.20 Å². The number of aryl methyl sites for hydroxylation is 1. The zero-order chi connectivity index (χ0) is 16.3. The third-order valence-electron chi connectivity index (χ3n) is 3.59. The van der Waals surface area contributed by atoms with Crippen molar-refractivity contribution in [3.63, 3.8) is 0 Å². The Balaban J connectivity index is 2.19. The van der Waals surface area contributed by atoms with Crippen molar-refractivity contribution in [2.24, 2.45) is 5.41 Å². The SMILES string of the molecule is CCn1ncc(Cl)c1C(=O)N[C@@H](Cn1cccn1)C(C)(C)C. The van der Waals surface area contributed by atoms with Gasteiger partial charge in [0, 0.05) is 18.9 Å². The molecule has 2 rings (SSSR count). The molecule has 1 amide bonds. The highest BCUT2D eigenvalue weighted by Crippen LogP contribution is 2.22. The molecule has 0 fully saturated rings. The van der Waals surface area contributed by atoms with Crippen LogP contribution in [-0.4, -0.2) is 31.5 Å². The van der Waals surface area contributed by atoms with E-state index in [-0.39, 0.29) is 17.4 Å². The summed E-state index contributed by atoms with van der Waals surface area (Å²) in [5.41, 5.74) is 0.282. The fraction of sp³-hybridized carbons (Fsp3) is 0.533. The van der Waals surface area contributed by atoms with E-state index in [1.807, 2.05) is 23.9 Å². The zero-order valence-corrected chi connectivity index (χ0v) is 14.1. The molecule has 22 heavy (non-hydrogen) atoms. The van der Waals surface area contributed by atoms with Crippen LogP contribution < -0.4 is 5.32 Å². The van der Waals surface area contributed by atoms with E-state index >= 15 is 0 Å². The summed E-state index contributed by atoms with van der Waals surface area (Å²) in [5, 5.41) is 11.8. The highest BCUT2D eigenvalue weighted by atomic mass is 35.5. The molecule has 120 valence electrons. The van der Waals surface area contributed by atoms with Crippen LogP contribution in [0.4, 0.5) is 0 Å². The van der Waals surface area contributed by atoms with Gasteiger partial charge in [-0.1, -0.05) is 32.4 Å². The topological polar surface area (TPSA) is 64.7 Å². The Morgan fingerprint density at radius 3 is 2.68 bits per heavy atom. The summed E-state index contributed by atoms with van der Waals surface area (Å²) in [6.45, 7) is 9.36. The molecule has 0 radical (unpaired) electrons. The molecule has 0 unspecified atom stereocenters. The highest BCUT2D eigenvalue weighted by Gasteiger charge is 2.29. The smallest absolute Gasteiger partial charge is 0.271 e. The summed E-state index contributed by atoms with van der Waals surface area (Å²) in [4.78, 5) is 12.6. The zero-order valence-electron chi connectivity index (χ0n) is 13.4. The number of nitrogens with zero attached hydrogens (tertiary/aromatic N) is 4. The molecule has 1 N–H and O–H groups in total. The summed E-state index contributed by atoms with van der Waals surface area (Å²) in [5.74, 6) is -0.212. The second kappa shape index (κ2) is 6.52. The second-order valence-electron chi connectivity index (χ2n) is 6.28. The van der Waals surface area contributed by atoms with Crippen LogP contribution in [0.3, 0.4) is 0 Å². The van der Waals surface area contributed by atoms with Crippen LogP contribution in [0.15, 0.2) is 24.7 Å². The van der Waals surface area contributed by atoms with Crippen LogP contribution in [0.25, 0.3) is 0 Å². The van der Waals surface area contributed by atoms with E-state index in [1.54, 1.807) is 10.9 Å². The average Bonchev–Trinajstić information content (AvgIpc) is 3.05. The third-order valence-corrected chi connectivity index (χ3v) is 3.87. The number of hydrogen-bond acceptors (Lipinski definition) is 3. The monoisotopic (exact) mass is 323 g/mol. The first-order valence-electron chi connectivity index (χ1n) is 7.32. The number of hydrogen-bond donors (Lipinski definition) is 1. The van der Waals surface area contributed by atoms with Gasteiger partial charge in [0.05, 0.1) is 23.8 Å². The van der Waals surface area contributed by atoms with Crippen LogP contribution in [0.2, 0.25) is 5.02 Å². The number of carbonyl (C=O) groups excluding carboxylic acids is 1. The minimum Gasteiger partial charge on any atom is -0.346 e. The molecule has 0 spiro atoms. The van der Waals surface area contributed by atoms with Gasteiger partial charge in [-0.25, -0.2) is 0 Å². The molecule has 6 nitrogen and oxygen atoms in total. The number of rotatable bonds is 5. The van der Waals surface area contributed by atoms with E-state index in [2.05, 4.69) is 36.3 Å². The predicted molar refractivity (Wildman–Crippen MR) is 85.8 cm³/mol. The first-order valence-corrected chi connectivity index (χ1v) is 7.70. The Morgan fingerprint density at radius 2 is 2.14 bits per heavy atom. The molecule has 0 aliphatic rings. The Kier molecular flexibility index (Phi) is 4.90. The number of halogens is 1. The molecule has 7 heteroatoms. The minimum atomic E-state index is -0.212. The second-order valence-corrected chi connectivity index (χ2v) is 6.68. The van der Waals surface area contributed by atoms with Gasteiger partial charge >= 0.3 is 0 Å². The number of aromatic nitrogens is 4. The van der Waals surface area contributed by atoms with E-state index < -0.39 is 0 Å². The first kappa shape index (κ1) is 16.5. The maximum Gasteiger partial charge on any atom is 0.271 e. The van der Waals surface area contributed by atoms with Gasteiger partial charge in [-0.3, -0.25) is 14.2 Å². The van der Waals surface area contributed by atoms with Crippen LogP contribution in [0.1, 0.15) is 38.2 Å². The Labute approximate surface area is 135 Å². The number of nitrogens with one attached hydrogen (secondary N) is 1. The van der Waals surface area contributed by atoms with Crippen LogP contribution >= 0.6 is 11.6 Å². The molecule has 0 aliphatic carbocycles. The number of amides is 1. The minimum absolute atomic E-state index is 0.0869. The van der Waals surface area contributed by atoms with Gasteiger partial charge in [0.15, 0.2) is 0 Å². The van der Waals surface area contributed by atoms with Crippen molar-refractivity contribution >= 4 is 17.5 Å². The van der Waals surface area contributed by atoms with Crippen molar-refractivity contribution in [3.8, 4) is 0 Å². The molecular formula is C15H22ClN5O. The summed E-state index contributed by atoms with van der Waals surface area (Å²) >= 11 is 6.10. The lowest BCUT2D eigenvalue weighted by Gasteiger charge is -2.31. The molecule has 0 saturated carbocycles. The fourth-order valence-electron chi connectivity index (χ4n) is 2.19. The molecule has 0 saturated heterocycles. The van der Waals surface area contributed by atoms with Gasteiger partial charge < -0.3 is 5.32 Å². The summed E-state index contributed by atoms with van der Waals surface area (Å²) in [6.07, 6.45) is 5.11. The lowest BCUT2D eigenvalue weighted by Crippen LogP contribution is -2.47. The highest BCUT2D eigenvalue weighted by molar-refractivity contribution is 6.33. The molecule has 0 aliphatic heterocycles. The molecule has 2 aromatic rings. The third kappa shape index (κ3) is 3.68. The maximum atomic E-state index is 12.6. The van der Waals surface area contributed by atoms with Crippen LogP contribution in [0, 0.1) is 5.41 Å². The molecule has 0 aromatic carbocycles. The summed E-state index contributed by atoms with van der Waals surface area (Å²) in [6, 6.07) is 1.78. The largest absolute Gasteiger partial charge is 0.346 e. The molecular weight excluding hydrogens is 302 g/mol. The first-order chi connectivity index (χ1) is 10.3. The Bertz CT molecular complexity index is 627. The molecule has 0 bridgehead atoms. The standard InChI is InChI=1S/C15H22ClN5O/c1-5-21-13(11(16)9-18-21)14(22)19-12(15(2,3)4)10-20-8-6-7-17-20/h6-9,12H,5,10H2,1-4H3,(H,19,22)/t12-/m0/s1. The number of carbonyl (C=O) groups is 1. The van der Waals surface area contributed by atoms with Gasteiger partial charge in [-0.05, 0) is 18.4 Å².